The molecule has 0 unspecified atom stereocenters. The number of esters is 1. The quantitative estimate of drug-likeness (QED) is 0.352. The van der Waals surface area contributed by atoms with Gasteiger partial charge in [-0.05, 0) is 49.4 Å². The van der Waals surface area contributed by atoms with Crippen LogP contribution in [0, 0.1) is 0 Å². The SMILES string of the molecule is CCOC(=O)c1ccn(-c2cccc(NC(=O)COc3ccc4ccc(=O)oc4c3)c2)n1. The lowest BCUT2D eigenvalue weighted by Crippen LogP contribution is -2.20. The van der Waals surface area contributed by atoms with Crippen LogP contribution in [0.2, 0.25) is 0 Å². The molecule has 1 amide bonds. The minimum Gasteiger partial charge on any atom is -0.484 e. The number of rotatable bonds is 7. The van der Waals surface area contributed by atoms with Crippen molar-refractivity contribution in [1.29, 1.82) is 0 Å². The summed E-state index contributed by atoms with van der Waals surface area (Å²) in [5.74, 6) is -0.468. The van der Waals surface area contributed by atoms with Crippen LogP contribution in [0.15, 0.2) is 76.1 Å². The molecule has 4 rings (SSSR count). The molecule has 0 aliphatic carbocycles. The number of hydrogen-bond donors (Lipinski definition) is 1. The Labute approximate surface area is 182 Å². The number of carbonyl (C=O) groups excluding carboxylic acids is 2. The van der Waals surface area contributed by atoms with E-state index in [2.05, 4.69) is 10.4 Å². The van der Waals surface area contributed by atoms with Gasteiger partial charge in [0.15, 0.2) is 12.3 Å². The van der Waals surface area contributed by atoms with Gasteiger partial charge in [-0.1, -0.05) is 6.07 Å². The minimum absolute atomic E-state index is 0.195. The molecule has 2 heterocycles. The maximum Gasteiger partial charge on any atom is 0.358 e. The van der Waals surface area contributed by atoms with Gasteiger partial charge >= 0.3 is 11.6 Å². The molecule has 0 atom stereocenters. The Morgan fingerprint density at radius 3 is 2.78 bits per heavy atom. The van der Waals surface area contributed by atoms with Gasteiger partial charge in [0.25, 0.3) is 5.91 Å². The molecule has 9 heteroatoms. The Bertz CT molecular complexity index is 1340. The van der Waals surface area contributed by atoms with Crippen LogP contribution in [0.3, 0.4) is 0 Å². The zero-order valence-electron chi connectivity index (χ0n) is 17.1. The third-order valence-corrected chi connectivity index (χ3v) is 4.43. The lowest BCUT2D eigenvalue weighted by atomic mass is 10.2. The molecular formula is C23H19N3O6. The monoisotopic (exact) mass is 433 g/mol. The van der Waals surface area contributed by atoms with E-state index in [0.717, 1.165) is 5.39 Å². The molecule has 0 fully saturated rings. The molecule has 0 spiro atoms. The molecule has 0 aliphatic rings. The lowest BCUT2D eigenvalue weighted by molar-refractivity contribution is -0.118. The highest BCUT2D eigenvalue weighted by molar-refractivity contribution is 5.92. The Morgan fingerprint density at radius 2 is 1.94 bits per heavy atom. The fraction of sp³-hybridized carbons (Fsp3) is 0.130. The fourth-order valence-corrected chi connectivity index (χ4v) is 2.98. The first-order chi connectivity index (χ1) is 15.5. The second-order valence-electron chi connectivity index (χ2n) is 6.71. The zero-order chi connectivity index (χ0) is 22.5. The predicted octanol–water partition coefficient (Wildman–Crippen LogP) is 3.17. The summed E-state index contributed by atoms with van der Waals surface area (Å²) in [4.78, 5) is 35.5. The van der Waals surface area contributed by atoms with Gasteiger partial charge in [0.05, 0.1) is 12.3 Å². The number of fused-ring (bicyclic) bond motifs is 1. The fourth-order valence-electron chi connectivity index (χ4n) is 2.98. The average Bonchev–Trinajstić information content (AvgIpc) is 3.28. The summed E-state index contributed by atoms with van der Waals surface area (Å²) in [6.45, 7) is 1.76. The molecule has 9 nitrogen and oxygen atoms in total. The van der Waals surface area contributed by atoms with E-state index in [1.54, 1.807) is 67.7 Å². The number of amides is 1. The summed E-state index contributed by atoms with van der Waals surface area (Å²) < 4.78 is 17.1. The smallest absolute Gasteiger partial charge is 0.358 e. The number of hydrogen-bond acceptors (Lipinski definition) is 7. The maximum atomic E-state index is 12.3. The molecule has 2 aromatic heterocycles. The van der Waals surface area contributed by atoms with E-state index in [9.17, 15) is 14.4 Å². The third-order valence-electron chi connectivity index (χ3n) is 4.43. The molecule has 1 N–H and O–H groups in total. The zero-order valence-corrected chi connectivity index (χ0v) is 17.1. The highest BCUT2D eigenvalue weighted by Crippen LogP contribution is 2.20. The molecule has 162 valence electrons. The van der Waals surface area contributed by atoms with Gasteiger partial charge in [-0.3, -0.25) is 4.79 Å². The molecule has 0 aliphatic heterocycles. The Balaban J connectivity index is 1.40. The topological polar surface area (TPSA) is 113 Å². The van der Waals surface area contributed by atoms with E-state index in [4.69, 9.17) is 13.9 Å². The Morgan fingerprint density at radius 1 is 1.09 bits per heavy atom. The number of anilines is 1. The van der Waals surface area contributed by atoms with Crippen LogP contribution in [0.25, 0.3) is 16.7 Å². The van der Waals surface area contributed by atoms with Crippen molar-refractivity contribution >= 4 is 28.5 Å². The number of aromatic nitrogens is 2. The first-order valence-corrected chi connectivity index (χ1v) is 9.81. The summed E-state index contributed by atoms with van der Waals surface area (Å²) in [5.41, 5.74) is 1.31. The average molecular weight is 433 g/mol. The molecule has 4 aromatic rings. The number of nitrogens with zero attached hydrogens (tertiary/aromatic N) is 2. The number of nitrogens with one attached hydrogen (secondary N) is 1. The van der Waals surface area contributed by atoms with Crippen molar-refractivity contribution in [2.24, 2.45) is 0 Å². The predicted molar refractivity (Wildman–Crippen MR) is 116 cm³/mol. The summed E-state index contributed by atoms with van der Waals surface area (Å²) in [5, 5.41) is 7.70. The van der Waals surface area contributed by atoms with Crippen molar-refractivity contribution in [3.63, 3.8) is 0 Å². The van der Waals surface area contributed by atoms with Crippen LogP contribution < -0.4 is 15.7 Å². The van der Waals surface area contributed by atoms with Crippen LogP contribution in [0.1, 0.15) is 17.4 Å². The van der Waals surface area contributed by atoms with Gasteiger partial charge in [0, 0.05) is 29.4 Å². The number of ether oxygens (including phenoxy) is 2. The Hall–Kier alpha value is -4.40. The summed E-state index contributed by atoms with van der Waals surface area (Å²) in [7, 11) is 0. The van der Waals surface area contributed by atoms with Crippen LogP contribution in [-0.2, 0) is 9.53 Å². The number of benzene rings is 2. The van der Waals surface area contributed by atoms with E-state index in [0.29, 0.717) is 22.7 Å². The van der Waals surface area contributed by atoms with Crippen molar-refractivity contribution in [3.8, 4) is 11.4 Å². The minimum atomic E-state index is -0.499. The van der Waals surface area contributed by atoms with Crippen LogP contribution in [-0.4, -0.2) is 34.9 Å². The normalized spacial score (nSPS) is 10.7. The van der Waals surface area contributed by atoms with E-state index in [1.165, 1.54) is 10.7 Å². The molecule has 0 radical (unpaired) electrons. The van der Waals surface area contributed by atoms with Crippen LogP contribution in [0.4, 0.5) is 5.69 Å². The molecule has 2 aromatic carbocycles. The van der Waals surface area contributed by atoms with Gasteiger partial charge < -0.3 is 19.2 Å². The molecule has 32 heavy (non-hydrogen) atoms. The van der Waals surface area contributed by atoms with Crippen molar-refractivity contribution in [2.45, 2.75) is 6.92 Å². The highest BCUT2D eigenvalue weighted by atomic mass is 16.5. The molecule has 0 saturated carbocycles. The van der Waals surface area contributed by atoms with Crippen molar-refractivity contribution in [2.75, 3.05) is 18.5 Å². The standard InChI is InChI=1S/C23H19N3O6/c1-2-30-23(29)19-10-11-26(25-19)17-5-3-4-16(12-17)24-21(27)14-31-18-8-6-15-7-9-22(28)32-20(15)13-18/h3-13H,2,14H2,1H3,(H,24,27). The van der Waals surface area contributed by atoms with Crippen molar-refractivity contribution < 1.29 is 23.5 Å². The largest absolute Gasteiger partial charge is 0.484 e. The van der Waals surface area contributed by atoms with Gasteiger partial charge in [0.1, 0.15) is 11.3 Å². The van der Waals surface area contributed by atoms with Crippen LogP contribution >= 0.6 is 0 Å². The molecule has 0 bridgehead atoms. The maximum absolute atomic E-state index is 12.3. The summed E-state index contributed by atoms with van der Waals surface area (Å²) in [6, 6.07) is 16.5. The van der Waals surface area contributed by atoms with Gasteiger partial charge in [-0.25, -0.2) is 14.3 Å². The second-order valence-corrected chi connectivity index (χ2v) is 6.71. The second kappa shape index (κ2) is 9.17. The first-order valence-electron chi connectivity index (χ1n) is 9.81. The van der Waals surface area contributed by atoms with E-state index >= 15 is 0 Å². The summed E-state index contributed by atoms with van der Waals surface area (Å²) in [6.07, 6.45) is 1.63. The summed E-state index contributed by atoms with van der Waals surface area (Å²) >= 11 is 0. The van der Waals surface area contributed by atoms with E-state index in [1.807, 2.05) is 0 Å². The van der Waals surface area contributed by atoms with E-state index < -0.39 is 11.6 Å². The van der Waals surface area contributed by atoms with Crippen molar-refractivity contribution in [3.05, 3.63) is 83.0 Å². The first kappa shape index (κ1) is 20.9. The van der Waals surface area contributed by atoms with Crippen molar-refractivity contribution in [1.82, 2.24) is 9.78 Å². The molecular weight excluding hydrogens is 414 g/mol. The van der Waals surface area contributed by atoms with E-state index in [-0.39, 0.29) is 24.8 Å². The van der Waals surface area contributed by atoms with Crippen LogP contribution in [0.5, 0.6) is 5.75 Å². The highest BCUT2D eigenvalue weighted by Gasteiger charge is 2.12. The van der Waals surface area contributed by atoms with Gasteiger partial charge in [-0.15, -0.1) is 0 Å². The number of carbonyl (C=O) groups is 2. The van der Waals surface area contributed by atoms with Gasteiger partial charge in [-0.2, -0.15) is 5.10 Å². The molecule has 0 saturated heterocycles. The lowest BCUT2D eigenvalue weighted by Gasteiger charge is -2.09. The Kier molecular flexibility index (Phi) is 5.98. The third kappa shape index (κ3) is 4.84. The van der Waals surface area contributed by atoms with Gasteiger partial charge in [0.2, 0.25) is 0 Å².